The van der Waals surface area contributed by atoms with Crippen LogP contribution in [0.15, 0.2) is 118 Å². The van der Waals surface area contributed by atoms with Gasteiger partial charge in [0.1, 0.15) is 23.2 Å². The van der Waals surface area contributed by atoms with Gasteiger partial charge in [0.15, 0.2) is 0 Å². The summed E-state index contributed by atoms with van der Waals surface area (Å²) in [5, 5.41) is 4.35. The second kappa shape index (κ2) is 9.62. The molecule has 0 aliphatic heterocycles. The SMILES string of the molecule is CCOc1nc2ccc(C[P+](c3ccccc3)(c3ccccc3)c3ccccc3)cc2c(=O)o1. The standard InChI is InChI=1S/C29H25NO3P/c1-2-32-29-30-27-19-18-22(20-26(27)28(31)33-29)21-34(23-12-6-3-7-13-23,24-14-8-4-9-15-24)25-16-10-5-11-17-25/h3-20H,2,21H2,1H3/q+1. The third kappa shape index (κ3) is 4.13. The van der Waals surface area contributed by atoms with E-state index in [0.29, 0.717) is 17.5 Å². The van der Waals surface area contributed by atoms with Crippen molar-refractivity contribution in [3.8, 4) is 6.08 Å². The van der Waals surface area contributed by atoms with E-state index < -0.39 is 12.9 Å². The Morgan fingerprint density at radius 3 is 1.79 bits per heavy atom. The maximum atomic E-state index is 12.7. The summed E-state index contributed by atoms with van der Waals surface area (Å²) in [7, 11) is -2.07. The highest BCUT2D eigenvalue weighted by Crippen LogP contribution is 2.58. The summed E-state index contributed by atoms with van der Waals surface area (Å²) in [6.07, 6.45) is 0.778. The number of benzene rings is 4. The monoisotopic (exact) mass is 466 g/mol. The first-order chi connectivity index (χ1) is 16.7. The lowest BCUT2D eigenvalue weighted by molar-refractivity contribution is 0.229. The molecule has 0 N–H and O–H groups in total. The van der Waals surface area contributed by atoms with Crippen LogP contribution in [0.25, 0.3) is 10.9 Å². The molecule has 168 valence electrons. The van der Waals surface area contributed by atoms with Crippen LogP contribution < -0.4 is 26.3 Å². The summed E-state index contributed by atoms with van der Waals surface area (Å²) in [5.74, 6) is 0. The predicted molar refractivity (Wildman–Crippen MR) is 140 cm³/mol. The molecule has 0 radical (unpaired) electrons. The van der Waals surface area contributed by atoms with Gasteiger partial charge in [0, 0.05) is 0 Å². The summed E-state index contributed by atoms with van der Waals surface area (Å²) in [6.45, 7) is 2.22. The number of hydrogen-bond acceptors (Lipinski definition) is 4. The normalized spacial score (nSPS) is 11.4. The van der Waals surface area contributed by atoms with Crippen molar-refractivity contribution >= 4 is 34.1 Å². The second-order valence-electron chi connectivity index (χ2n) is 8.03. The van der Waals surface area contributed by atoms with Crippen molar-refractivity contribution in [2.24, 2.45) is 0 Å². The average molecular weight is 466 g/mol. The van der Waals surface area contributed by atoms with Gasteiger partial charge in [-0.2, -0.15) is 4.98 Å². The summed E-state index contributed by atoms with van der Waals surface area (Å²) in [5.41, 5.74) is 1.21. The molecule has 0 spiro atoms. The van der Waals surface area contributed by atoms with E-state index in [4.69, 9.17) is 9.15 Å². The summed E-state index contributed by atoms with van der Waals surface area (Å²) in [4.78, 5) is 17.1. The maximum Gasteiger partial charge on any atom is 0.397 e. The zero-order valence-corrected chi connectivity index (χ0v) is 19.8. The van der Waals surface area contributed by atoms with Crippen LogP contribution in [0.4, 0.5) is 0 Å². The van der Waals surface area contributed by atoms with E-state index in [0.717, 1.165) is 11.7 Å². The molecule has 1 heterocycles. The molecule has 4 aromatic carbocycles. The fourth-order valence-electron chi connectivity index (χ4n) is 4.43. The fraction of sp³-hybridized carbons (Fsp3) is 0.103. The van der Waals surface area contributed by atoms with Crippen LogP contribution in [0.3, 0.4) is 0 Å². The topological polar surface area (TPSA) is 52.3 Å². The maximum absolute atomic E-state index is 12.7. The van der Waals surface area contributed by atoms with Gasteiger partial charge in [0.2, 0.25) is 0 Å². The molecule has 0 aliphatic carbocycles. The number of aromatic nitrogens is 1. The van der Waals surface area contributed by atoms with Gasteiger partial charge in [-0.15, -0.1) is 0 Å². The highest BCUT2D eigenvalue weighted by molar-refractivity contribution is 7.95. The number of nitrogens with zero attached hydrogens (tertiary/aromatic N) is 1. The molecule has 34 heavy (non-hydrogen) atoms. The molecule has 0 fully saturated rings. The first-order valence-corrected chi connectivity index (χ1v) is 13.3. The summed E-state index contributed by atoms with van der Waals surface area (Å²) >= 11 is 0. The average Bonchev–Trinajstić information content (AvgIpc) is 2.89. The molecule has 0 saturated carbocycles. The van der Waals surface area contributed by atoms with E-state index >= 15 is 0 Å². The molecule has 0 saturated heterocycles. The molecular formula is C29H25NO3P+. The predicted octanol–water partition coefficient (Wildman–Crippen LogP) is 5.08. The van der Waals surface area contributed by atoms with Gasteiger partial charge in [-0.3, -0.25) is 0 Å². The van der Waals surface area contributed by atoms with Crippen molar-refractivity contribution in [3.63, 3.8) is 0 Å². The van der Waals surface area contributed by atoms with Crippen LogP contribution in [0.5, 0.6) is 6.08 Å². The Morgan fingerprint density at radius 2 is 1.29 bits per heavy atom. The first-order valence-electron chi connectivity index (χ1n) is 11.3. The van der Waals surface area contributed by atoms with Crippen molar-refractivity contribution in [1.29, 1.82) is 0 Å². The van der Waals surface area contributed by atoms with E-state index in [-0.39, 0.29) is 6.08 Å². The minimum atomic E-state index is -2.07. The molecule has 0 bridgehead atoms. The van der Waals surface area contributed by atoms with Gasteiger partial charge in [-0.05, 0) is 61.0 Å². The van der Waals surface area contributed by atoms with Crippen molar-refractivity contribution in [3.05, 3.63) is 125 Å². The van der Waals surface area contributed by atoms with Crippen LogP contribution in [-0.4, -0.2) is 11.6 Å². The zero-order chi connectivity index (χ0) is 23.4. The Hall–Kier alpha value is -3.75. The van der Waals surface area contributed by atoms with E-state index in [1.54, 1.807) is 0 Å². The molecule has 1 aromatic heterocycles. The Balaban J connectivity index is 1.72. The quantitative estimate of drug-likeness (QED) is 0.314. The molecule has 0 unspecified atom stereocenters. The minimum Gasteiger partial charge on any atom is -0.450 e. The number of hydrogen-bond donors (Lipinski definition) is 0. The highest BCUT2D eigenvalue weighted by atomic mass is 31.2. The number of fused-ring (bicyclic) bond motifs is 1. The number of rotatable bonds is 7. The van der Waals surface area contributed by atoms with Crippen LogP contribution in [0.2, 0.25) is 0 Å². The zero-order valence-electron chi connectivity index (χ0n) is 18.9. The summed E-state index contributed by atoms with van der Waals surface area (Å²) < 4.78 is 10.6. The van der Waals surface area contributed by atoms with Crippen molar-refractivity contribution in [2.75, 3.05) is 6.61 Å². The Bertz CT molecular complexity index is 1350. The third-order valence-corrected chi connectivity index (χ3v) is 10.3. The first kappa shape index (κ1) is 22.1. The molecule has 0 aliphatic rings. The van der Waals surface area contributed by atoms with Gasteiger partial charge in [0.25, 0.3) is 0 Å². The van der Waals surface area contributed by atoms with Gasteiger partial charge in [-0.1, -0.05) is 60.7 Å². The van der Waals surface area contributed by atoms with Gasteiger partial charge in [0.05, 0.1) is 23.7 Å². The molecule has 5 heteroatoms. The van der Waals surface area contributed by atoms with E-state index in [2.05, 4.69) is 102 Å². The Labute approximate surface area is 199 Å². The minimum absolute atomic E-state index is 0.00690. The van der Waals surface area contributed by atoms with Crippen LogP contribution >= 0.6 is 7.26 Å². The molecule has 4 nitrogen and oxygen atoms in total. The second-order valence-corrected chi connectivity index (χ2v) is 11.5. The Kier molecular flexibility index (Phi) is 6.24. The highest BCUT2D eigenvalue weighted by Gasteiger charge is 2.45. The van der Waals surface area contributed by atoms with E-state index in [1.807, 2.05) is 19.1 Å². The van der Waals surface area contributed by atoms with Crippen LogP contribution in [-0.2, 0) is 6.16 Å². The van der Waals surface area contributed by atoms with E-state index in [1.165, 1.54) is 15.9 Å². The van der Waals surface area contributed by atoms with Crippen molar-refractivity contribution in [1.82, 2.24) is 4.98 Å². The largest absolute Gasteiger partial charge is 0.450 e. The lowest BCUT2D eigenvalue weighted by atomic mass is 10.2. The van der Waals surface area contributed by atoms with Gasteiger partial charge in [-0.25, -0.2) is 4.79 Å². The molecular weight excluding hydrogens is 441 g/mol. The number of ether oxygens (including phenoxy) is 1. The van der Waals surface area contributed by atoms with Gasteiger partial charge < -0.3 is 9.15 Å². The van der Waals surface area contributed by atoms with E-state index in [9.17, 15) is 4.79 Å². The van der Waals surface area contributed by atoms with Gasteiger partial charge >= 0.3 is 11.7 Å². The molecule has 0 amide bonds. The molecule has 0 atom stereocenters. The Morgan fingerprint density at radius 1 is 0.765 bits per heavy atom. The summed E-state index contributed by atoms with van der Waals surface area (Å²) in [6, 6.07) is 38.0. The van der Waals surface area contributed by atoms with Crippen LogP contribution in [0.1, 0.15) is 12.5 Å². The van der Waals surface area contributed by atoms with Crippen molar-refractivity contribution < 1.29 is 9.15 Å². The smallest absolute Gasteiger partial charge is 0.397 e. The third-order valence-electron chi connectivity index (χ3n) is 5.95. The lowest BCUT2D eigenvalue weighted by Crippen LogP contribution is -2.32. The lowest BCUT2D eigenvalue weighted by Gasteiger charge is -2.28. The van der Waals surface area contributed by atoms with Crippen molar-refractivity contribution in [2.45, 2.75) is 13.1 Å². The van der Waals surface area contributed by atoms with Crippen LogP contribution in [0, 0.1) is 0 Å². The molecule has 5 aromatic rings. The molecule has 5 rings (SSSR count). The fourth-order valence-corrected chi connectivity index (χ4v) is 8.66.